The zero-order chi connectivity index (χ0) is 20.9. The fraction of sp³-hybridized carbons (Fsp3) is 0.545. The maximum Gasteiger partial charge on any atom is 0.407 e. The lowest BCUT2D eigenvalue weighted by molar-refractivity contribution is 0.0469. The molecule has 1 heterocycles. The normalized spacial score (nSPS) is 19.7. The first-order valence-electron chi connectivity index (χ1n) is 10.1. The highest BCUT2D eigenvalue weighted by molar-refractivity contribution is 9.10. The summed E-state index contributed by atoms with van der Waals surface area (Å²) < 4.78 is 12.2. The minimum absolute atomic E-state index is 0.195. The summed E-state index contributed by atoms with van der Waals surface area (Å²) in [6.45, 7) is 6.78. The van der Waals surface area contributed by atoms with Crippen molar-refractivity contribution in [3.8, 4) is 0 Å². The highest BCUT2D eigenvalue weighted by atomic mass is 79.9. The molecule has 1 aromatic heterocycles. The monoisotopic (exact) mass is 463 g/mol. The second-order valence-electron chi connectivity index (χ2n) is 8.62. The van der Waals surface area contributed by atoms with Crippen LogP contribution in [-0.4, -0.2) is 36.1 Å². The van der Waals surface area contributed by atoms with Crippen molar-refractivity contribution in [3.63, 3.8) is 0 Å². The summed E-state index contributed by atoms with van der Waals surface area (Å²) in [5.74, 6) is 1.33. The molecule has 1 aliphatic rings. The maximum atomic E-state index is 11.9. The van der Waals surface area contributed by atoms with Gasteiger partial charge in [-0.05, 0) is 76.0 Å². The number of nitrogens with one attached hydrogen (secondary N) is 2. The molecule has 0 atom stereocenters. The fourth-order valence-electron chi connectivity index (χ4n) is 3.51. The number of fused-ring (bicyclic) bond motifs is 1. The smallest absolute Gasteiger partial charge is 0.407 e. The summed E-state index contributed by atoms with van der Waals surface area (Å²) in [5, 5.41) is 8.45. The first kappa shape index (κ1) is 21.8. The van der Waals surface area contributed by atoms with E-state index >= 15 is 0 Å². The van der Waals surface area contributed by atoms with Crippen LogP contribution in [0.1, 0.15) is 46.5 Å². The van der Waals surface area contributed by atoms with Crippen LogP contribution in [0.3, 0.4) is 0 Å². The number of ether oxygens (including phenoxy) is 2. The summed E-state index contributed by atoms with van der Waals surface area (Å²) in [6, 6.07) is 8.35. The van der Waals surface area contributed by atoms with Crippen molar-refractivity contribution in [2.24, 2.45) is 5.92 Å². The predicted octanol–water partition coefficient (Wildman–Crippen LogP) is 5.47. The number of carbonyl (C=O) groups is 1. The molecule has 29 heavy (non-hydrogen) atoms. The third-order valence-corrected chi connectivity index (χ3v) is 5.45. The molecule has 3 rings (SSSR count). The zero-order valence-electron chi connectivity index (χ0n) is 17.3. The van der Waals surface area contributed by atoms with Crippen LogP contribution in [0.5, 0.6) is 0 Å². The number of hydrogen-bond donors (Lipinski definition) is 2. The van der Waals surface area contributed by atoms with Crippen molar-refractivity contribution in [1.29, 1.82) is 0 Å². The topological polar surface area (TPSA) is 72.5 Å². The van der Waals surface area contributed by atoms with Gasteiger partial charge in [0.1, 0.15) is 18.1 Å². The predicted molar refractivity (Wildman–Crippen MR) is 119 cm³/mol. The zero-order valence-corrected chi connectivity index (χ0v) is 18.9. The molecule has 158 valence electrons. The van der Waals surface area contributed by atoms with E-state index in [4.69, 9.17) is 9.47 Å². The van der Waals surface area contributed by atoms with Gasteiger partial charge >= 0.3 is 6.09 Å². The number of rotatable bonds is 6. The highest BCUT2D eigenvalue weighted by Crippen LogP contribution is 2.25. The standard InChI is InChI=1S/C22H30BrN3O3/c1-22(2,3)29-21(27)26-19-8-4-15(5-9-19)13-28-14-25-20-11-17-10-18(23)7-6-16(17)12-24-20/h6-7,10-12,15,19H,4-5,8-9,13-14H2,1-3H3,(H,24,25)(H,26,27). The molecule has 7 heteroatoms. The summed E-state index contributed by atoms with van der Waals surface area (Å²) in [5.41, 5.74) is -0.460. The van der Waals surface area contributed by atoms with Crippen LogP contribution in [0.2, 0.25) is 0 Å². The van der Waals surface area contributed by atoms with Gasteiger partial charge in [-0.15, -0.1) is 0 Å². The number of amides is 1. The molecule has 1 aliphatic carbocycles. The molecule has 1 fully saturated rings. The Labute approximate surface area is 180 Å². The van der Waals surface area contributed by atoms with E-state index in [9.17, 15) is 4.79 Å². The van der Waals surface area contributed by atoms with Gasteiger partial charge in [-0.25, -0.2) is 9.78 Å². The number of aromatic nitrogens is 1. The maximum absolute atomic E-state index is 11.9. The average Bonchev–Trinajstić information content (AvgIpc) is 2.64. The van der Waals surface area contributed by atoms with E-state index in [1.807, 2.05) is 45.2 Å². The van der Waals surface area contributed by atoms with Crippen molar-refractivity contribution in [2.75, 3.05) is 18.7 Å². The van der Waals surface area contributed by atoms with E-state index in [0.717, 1.165) is 46.7 Å². The van der Waals surface area contributed by atoms with Crippen LogP contribution in [-0.2, 0) is 9.47 Å². The van der Waals surface area contributed by atoms with Crippen LogP contribution < -0.4 is 10.6 Å². The number of hydrogen-bond acceptors (Lipinski definition) is 5. The number of anilines is 1. The molecular formula is C22H30BrN3O3. The van der Waals surface area contributed by atoms with Crippen LogP contribution in [0.25, 0.3) is 10.8 Å². The Balaban J connectivity index is 1.34. The molecule has 1 saturated carbocycles. The third-order valence-electron chi connectivity index (χ3n) is 4.96. The molecule has 2 aromatic rings. The first-order valence-corrected chi connectivity index (χ1v) is 10.9. The van der Waals surface area contributed by atoms with Crippen LogP contribution in [0.15, 0.2) is 34.9 Å². The van der Waals surface area contributed by atoms with Crippen molar-refractivity contribution in [2.45, 2.75) is 58.1 Å². The van der Waals surface area contributed by atoms with Crippen LogP contribution >= 0.6 is 15.9 Å². The number of carbonyl (C=O) groups excluding carboxylic acids is 1. The van der Waals surface area contributed by atoms with E-state index in [0.29, 0.717) is 19.3 Å². The second-order valence-corrected chi connectivity index (χ2v) is 9.53. The minimum Gasteiger partial charge on any atom is -0.444 e. The Hall–Kier alpha value is -1.86. The average molecular weight is 464 g/mol. The first-order chi connectivity index (χ1) is 13.8. The Kier molecular flexibility index (Phi) is 7.35. The van der Waals surface area contributed by atoms with Crippen LogP contribution in [0, 0.1) is 5.92 Å². The molecule has 1 aromatic carbocycles. The van der Waals surface area contributed by atoms with E-state index in [1.165, 1.54) is 0 Å². The van der Waals surface area contributed by atoms with Crippen molar-refractivity contribution in [3.05, 3.63) is 34.9 Å². The van der Waals surface area contributed by atoms with E-state index in [1.54, 1.807) is 0 Å². The highest BCUT2D eigenvalue weighted by Gasteiger charge is 2.24. The van der Waals surface area contributed by atoms with Gasteiger partial charge in [0, 0.05) is 22.1 Å². The molecule has 1 amide bonds. The molecule has 0 aliphatic heterocycles. The van der Waals surface area contributed by atoms with Gasteiger partial charge in [0.05, 0.1) is 6.61 Å². The van der Waals surface area contributed by atoms with Crippen LogP contribution in [0.4, 0.5) is 10.6 Å². The lowest BCUT2D eigenvalue weighted by atomic mass is 9.86. The molecule has 0 unspecified atom stereocenters. The van der Waals surface area contributed by atoms with E-state index in [-0.39, 0.29) is 12.1 Å². The number of pyridine rings is 1. The van der Waals surface area contributed by atoms with Gasteiger partial charge in [-0.2, -0.15) is 0 Å². The molecular weight excluding hydrogens is 434 g/mol. The van der Waals surface area contributed by atoms with Gasteiger partial charge in [-0.1, -0.05) is 22.0 Å². The SMILES string of the molecule is CC(C)(C)OC(=O)NC1CCC(COCNc2cc3cc(Br)ccc3cn2)CC1. The lowest BCUT2D eigenvalue weighted by Gasteiger charge is -2.30. The summed E-state index contributed by atoms with van der Waals surface area (Å²) in [7, 11) is 0. The summed E-state index contributed by atoms with van der Waals surface area (Å²) in [6.07, 6.45) is 5.55. The third kappa shape index (κ3) is 7.16. The van der Waals surface area contributed by atoms with E-state index in [2.05, 4.69) is 37.6 Å². The van der Waals surface area contributed by atoms with Gasteiger partial charge in [0.2, 0.25) is 0 Å². The molecule has 6 nitrogen and oxygen atoms in total. The molecule has 0 bridgehead atoms. The summed E-state index contributed by atoms with van der Waals surface area (Å²) >= 11 is 3.50. The Morgan fingerprint density at radius 1 is 1.17 bits per heavy atom. The van der Waals surface area contributed by atoms with Gasteiger partial charge in [0.25, 0.3) is 0 Å². The Morgan fingerprint density at radius 2 is 1.93 bits per heavy atom. The molecule has 2 N–H and O–H groups in total. The Bertz CT molecular complexity index is 830. The quantitative estimate of drug-likeness (QED) is 0.438. The number of alkyl carbamates (subject to hydrolysis) is 1. The Morgan fingerprint density at radius 3 is 2.66 bits per heavy atom. The van der Waals surface area contributed by atoms with Gasteiger partial charge in [0.15, 0.2) is 0 Å². The number of nitrogens with zero attached hydrogens (tertiary/aromatic N) is 1. The van der Waals surface area contributed by atoms with Crippen molar-refractivity contribution >= 4 is 38.6 Å². The van der Waals surface area contributed by atoms with E-state index < -0.39 is 5.60 Å². The molecule has 0 spiro atoms. The minimum atomic E-state index is -0.460. The van der Waals surface area contributed by atoms with Gasteiger partial charge < -0.3 is 20.1 Å². The van der Waals surface area contributed by atoms with Gasteiger partial charge in [-0.3, -0.25) is 0 Å². The second kappa shape index (κ2) is 9.76. The molecule has 0 radical (unpaired) electrons. The summed E-state index contributed by atoms with van der Waals surface area (Å²) in [4.78, 5) is 16.3. The van der Waals surface area contributed by atoms with Crippen molar-refractivity contribution in [1.82, 2.24) is 10.3 Å². The molecule has 0 saturated heterocycles. The fourth-order valence-corrected chi connectivity index (χ4v) is 3.89. The number of halogens is 1. The lowest BCUT2D eigenvalue weighted by Crippen LogP contribution is -2.41. The largest absolute Gasteiger partial charge is 0.444 e. The number of benzene rings is 1. The van der Waals surface area contributed by atoms with Crippen molar-refractivity contribution < 1.29 is 14.3 Å².